The molecule has 2 fully saturated rings. The SMILES string of the molecule is CCCN(CC1CCCCN1)C1CC(OC)C1. The van der Waals surface area contributed by atoms with Crippen LogP contribution in [0.25, 0.3) is 0 Å². The van der Waals surface area contributed by atoms with Crippen LogP contribution in [0.1, 0.15) is 45.4 Å². The molecule has 2 rings (SSSR count). The number of ether oxygens (including phenoxy) is 1. The van der Waals surface area contributed by atoms with E-state index in [0.29, 0.717) is 6.10 Å². The van der Waals surface area contributed by atoms with Crippen molar-refractivity contribution in [1.82, 2.24) is 10.2 Å². The number of piperidine rings is 1. The van der Waals surface area contributed by atoms with Gasteiger partial charge in [0, 0.05) is 25.7 Å². The molecule has 1 saturated carbocycles. The molecule has 0 bridgehead atoms. The lowest BCUT2D eigenvalue weighted by Gasteiger charge is -2.44. The molecule has 0 aromatic carbocycles. The van der Waals surface area contributed by atoms with E-state index in [4.69, 9.17) is 4.74 Å². The van der Waals surface area contributed by atoms with Crippen LogP contribution in [-0.2, 0) is 4.74 Å². The molecule has 0 spiro atoms. The van der Waals surface area contributed by atoms with E-state index in [1.807, 2.05) is 7.11 Å². The molecule has 1 aliphatic carbocycles. The second kappa shape index (κ2) is 6.72. The van der Waals surface area contributed by atoms with Crippen LogP contribution in [0.2, 0.25) is 0 Å². The second-order valence-corrected chi connectivity index (χ2v) is 5.62. The van der Waals surface area contributed by atoms with Gasteiger partial charge in [0.05, 0.1) is 6.10 Å². The van der Waals surface area contributed by atoms with E-state index in [0.717, 1.165) is 12.1 Å². The largest absolute Gasteiger partial charge is 0.381 e. The van der Waals surface area contributed by atoms with Crippen molar-refractivity contribution in [2.45, 2.75) is 63.6 Å². The molecule has 1 N–H and O–H groups in total. The first kappa shape index (κ1) is 13.3. The van der Waals surface area contributed by atoms with Crippen molar-refractivity contribution in [2.75, 3.05) is 26.7 Å². The van der Waals surface area contributed by atoms with E-state index in [2.05, 4.69) is 17.1 Å². The first-order chi connectivity index (χ1) is 8.33. The van der Waals surface area contributed by atoms with Gasteiger partial charge in [0.15, 0.2) is 0 Å². The molecule has 1 atom stereocenters. The lowest BCUT2D eigenvalue weighted by Crippen LogP contribution is -2.53. The topological polar surface area (TPSA) is 24.5 Å². The van der Waals surface area contributed by atoms with Crippen LogP contribution in [0, 0.1) is 0 Å². The molecule has 0 radical (unpaired) electrons. The predicted molar refractivity (Wildman–Crippen MR) is 71.3 cm³/mol. The third-order valence-corrected chi connectivity index (χ3v) is 4.30. The average molecular weight is 240 g/mol. The van der Waals surface area contributed by atoms with Crippen molar-refractivity contribution in [3.63, 3.8) is 0 Å². The van der Waals surface area contributed by atoms with Gasteiger partial charge in [-0.15, -0.1) is 0 Å². The summed E-state index contributed by atoms with van der Waals surface area (Å²) in [7, 11) is 1.84. The molecule has 1 heterocycles. The third kappa shape index (κ3) is 3.67. The lowest BCUT2D eigenvalue weighted by molar-refractivity contribution is -0.0302. The Morgan fingerprint density at radius 1 is 1.29 bits per heavy atom. The van der Waals surface area contributed by atoms with Crippen LogP contribution in [0.3, 0.4) is 0 Å². The molecule has 17 heavy (non-hydrogen) atoms. The van der Waals surface area contributed by atoms with Crippen molar-refractivity contribution in [3.05, 3.63) is 0 Å². The molecule has 2 aliphatic rings. The number of nitrogens with one attached hydrogen (secondary N) is 1. The van der Waals surface area contributed by atoms with Crippen molar-refractivity contribution in [3.8, 4) is 0 Å². The smallest absolute Gasteiger partial charge is 0.0601 e. The normalized spacial score (nSPS) is 33.7. The van der Waals surface area contributed by atoms with Gasteiger partial charge in [0.25, 0.3) is 0 Å². The van der Waals surface area contributed by atoms with Crippen molar-refractivity contribution in [1.29, 1.82) is 0 Å². The Balaban J connectivity index is 1.76. The monoisotopic (exact) mass is 240 g/mol. The van der Waals surface area contributed by atoms with E-state index in [-0.39, 0.29) is 0 Å². The van der Waals surface area contributed by atoms with Crippen molar-refractivity contribution >= 4 is 0 Å². The summed E-state index contributed by atoms with van der Waals surface area (Å²) in [5.41, 5.74) is 0. The Hall–Kier alpha value is -0.120. The van der Waals surface area contributed by atoms with Gasteiger partial charge in [-0.25, -0.2) is 0 Å². The molecule has 1 saturated heterocycles. The molecule has 3 heteroatoms. The highest BCUT2D eigenvalue weighted by atomic mass is 16.5. The predicted octanol–water partition coefficient (Wildman–Crippen LogP) is 2.02. The summed E-state index contributed by atoms with van der Waals surface area (Å²) < 4.78 is 5.39. The zero-order chi connectivity index (χ0) is 12.1. The van der Waals surface area contributed by atoms with Gasteiger partial charge in [-0.3, -0.25) is 4.90 Å². The highest BCUT2D eigenvalue weighted by Crippen LogP contribution is 2.28. The Labute approximate surface area is 106 Å². The Morgan fingerprint density at radius 3 is 2.71 bits per heavy atom. The van der Waals surface area contributed by atoms with E-state index in [1.165, 1.54) is 58.2 Å². The summed E-state index contributed by atoms with van der Waals surface area (Å²) in [6.07, 6.45) is 8.40. The molecular weight excluding hydrogens is 212 g/mol. The van der Waals surface area contributed by atoms with Crippen LogP contribution in [-0.4, -0.2) is 49.8 Å². The van der Waals surface area contributed by atoms with Crippen LogP contribution in [0.4, 0.5) is 0 Å². The zero-order valence-corrected chi connectivity index (χ0v) is 11.5. The molecule has 100 valence electrons. The maximum absolute atomic E-state index is 5.39. The zero-order valence-electron chi connectivity index (χ0n) is 11.5. The van der Waals surface area contributed by atoms with Crippen LogP contribution in [0.15, 0.2) is 0 Å². The molecule has 0 aromatic heterocycles. The quantitative estimate of drug-likeness (QED) is 0.769. The Kier molecular flexibility index (Phi) is 5.26. The van der Waals surface area contributed by atoms with E-state index < -0.39 is 0 Å². The van der Waals surface area contributed by atoms with Crippen LogP contribution >= 0.6 is 0 Å². The summed E-state index contributed by atoms with van der Waals surface area (Å²) in [6.45, 7) is 6.00. The van der Waals surface area contributed by atoms with Crippen molar-refractivity contribution in [2.24, 2.45) is 0 Å². The highest BCUT2D eigenvalue weighted by molar-refractivity contribution is 4.90. The first-order valence-electron chi connectivity index (χ1n) is 7.33. The van der Waals surface area contributed by atoms with E-state index >= 15 is 0 Å². The fourth-order valence-corrected chi connectivity index (χ4v) is 3.10. The van der Waals surface area contributed by atoms with Gasteiger partial charge in [-0.2, -0.15) is 0 Å². The summed E-state index contributed by atoms with van der Waals surface area (Å²) in [5, 5.41) is 3.66. The fourth-order valence-electron chi connectivity index (χ4n) is 3.10. The number of hydrogen-bond acceptors (Lipinski definition) is 3. The molecule has 1 aliphatic heterocycles. The maximum atomic E-state index is 5.39. The van der Waals surface area contributed by atoms with E-state index in [1.54, 1.807) is 0 Å². The standard InChI is InChI=1S/C14H28N2O/c1-3-8-16(13-9-14(10-13)17-2)11-12-6-4-5-7-15-12/h12-15H,3-11H2,1-2H3. The number of rotatable bonds is 6. The molecule has 1 unspecified atom stereocenters. The fraction of sp³-hybridized carbons (Fsp3) is 1.00. The third-order valence-electron chi connectivity index (χ3n) is 4.30. The summed E-state index contributed by atoms with van der Waals surface area (Å²) in [5.74, 6) is 0. The van der Waals surface area contributed by atoms with Gasteiger partial charge in [0.1, 0.15) is 0 Å². The minimum atomic E-state index is 0.527. The summed E-state index contributed by atoms with van der Waals surface area (Å²) in [4.78, 5) is 2.69. The van der Waals surface area contributed by atoms with E-state index in [9.17, 15) is 0 Å². The number of hydrogen-bond donors (Lipinski definition) is 1. The lowest BCUT2D eigenvalue weighted by atomic mass is 9.87. The Bertz CT molecular complexity index is 210. The average Bonchev–Trinajstić information content (AvgIpc) is 2.29. The van der Waals surface area contributed by atoms with Gasteiger partial charge in [-0.1, -0.05) is 13.3 Å². The number of nitrogens with zero attached hydrogens (tertiary/aromatic N) is 1. The van der Waals surface area contributed by atoms with Crippen LogP contribution in [0.5, 0.6) is 0 Å². The highest BCUT2D eigenvalue weighted by Gasteiger charge is 2.34. The Morgan fingerprint density at radius 2 is 2.12 bits per heavy atom. The van der Waals surface area contributed by atoms with Crippen molar-refractivity contribution < 1.29 is 4.74 Å². The van der Waals surface area contributed by atoms with Gasteiger partial charge in [-0.05, 0) is 45.2 Å². The molecule has 3 nitrogen and oxygen atoms in total. The number of methoxy groups -OCH3 is 1. The minimum absolute atomic E-state index is 0.527. The first-order valence-corrected chi connectivity index (χ1v) is 7.33. The molecule has 0 amide bonds. The molecule has 0 aromatic rings. The van der Waals surface area contributed by atoms with Gasteiger partial charge in [0.2, 0.25) is 0 Å². The van der Waals surface area contributed by atoms with Gasteiger partial charge >= 0.3 is 0 Å². The second-order valence-electron chi connectivity index (χ2n) is 5.62. The maximum Gasteiger partial charge on any atom is 0.0601 e. The van der Waals surface area contributed by atoms with Gasteiger partial charge < -0.3 is 10.1 Å². The molecular formula is C14H28N2O. The summed E-state index contributed by atoms with van der Waals surface area (Å²) >= 11 is 0. The minimum Gasteiger partial charge on any atom is -0.381 e. The van der Waals surface area contributed by atoms with Crippen LogP contribution < -0.4 is 5.32 Å². The summed E-state index contributed by atoms with van der Waals surface area (Å²) in [6, 6.07) is 1.51.